The first kappa shape index (κ1) is 13.1. The van der Waals surface area contributed by atoms with Crippen LogP contribution in [0.15, 0.2) is 34.9 Å². The van der Waals surface area contributed by atoms with E-state index in [9.17, 15) is 0 Å². The first-order chi connectivity index (χ1) is 8.61. The van der Waals surface area contributed by atoms with E-state index in [1.807, 2.05) is 32.0 Å². The molecule has 2 rings (SSSR count). The van der Waals surface area contributed by atoms with Gasteiger partial charge >= 0.3 is 0 Å². The Balaban J connectivity index is 2.23. The summed E-state index contributed by atoms with van der Waals surface area (Å²) in [6.45, 7) is 3.95. The number of hydrazine groups is 1. The molecule has 1 atom stereocenters. The van der Waals surface area contributed by atoms with Crippen LogP contribution in [0.1, 0.15) is 28.5 Å². The van der Waals surface area contributed by atoms with Crippen molar-refractivity contribution in [1.82, 2.24) is 5.43 Å². The molecule has 0 spiro atoms. The molecule has 0 saturated carbocycles. The van der Waals surface area contributed by atoms with Gasteiger partial charge in [-0.25, -0.2) is 0 Å². The molecule has 0 saturated heterocycles. The maximum absolute atomic E-state index is 6.24. The Hall–Kier alpha value is -1.29. The van der Waals surface area contributed by atoms with E-state index < -0.39 is 0 Å². The van der Waals surface area contributed by atoms with E-state index in [-0.39, 0.29) is 6.04 Å². The van der Waals surface area contributed by atoms with E-state index in [0.29, 0.717) is 0 Å². The summed E-state index contributed by atoms with van der Waals surface area (Å²) < 4.78 is 5.31. The SMILES string of the molecule is Cc1ccc(CC(NN)c2ccoc2C)c(Cl)c1. The molecule has 1 aromatic carbocycles. The number of benzene rings is 1. The van der Waals surface area contributed by atoms with Gasteiger partial charge in [-0.15, -0.1) is 0 Å². The third-order valence-electron chi connectivity index (χ3n) is 3.11. The molecular weight excluding hydrogens is 248 g/mol. The third-order valence-corrected chi connectivity index (χ3v) is 3.46. The van der Waals surface area contributed by atoms with Crippen LogP contribution in [0.25, 0.3) is 0 Å². The number of hydrogen-bond donors (Lipinski definition) is 2. The van der Waals surface area contributed by atoms with Gasteiger partial charge in [0, 0.05) is 10.6 Å². The van der Waals surface area contributed by atoms with Crippen molar-refractivity contribution in [2.75, 3.05) is 0 Å². The Morgan fingerprint density at radius 3 is 2.67 bits per heavy atom. The quantitative estimate of drug-likeness (QED) is 0.658. The number of furan rings is 1. The van der Waals surface area contributed by atoms with E-state index in [2.05, 4.69) is 11.5 Å². The second kappa shape index (κ2) is 5.57. The first-order valence-electron chi connectivity index (χ1n) is 5.87. The van der Waals surface area contributed by atoms with E-state index >= 15 is 0 Å². The number of halogens is 1. The summed E-state index contributed by atoms with van der Waals surface area (Å²) in [6.07, 6.45) is 2.40. The Labute approximate surface area is 112 Å². The molecule has 3 N–H and O–H groups in total. The number of aryl methyl sites for hydroxylation is 2. The predicted octanol–water partition coefficient (Wildman–Crippen LogP) is 3.30. The van der Waals surface area contributed by atoms with Gasteiger partial charge in [-0.1, -0.05) is 23.7 Å². The fraction of sp³-hybridized carbons (Fsp3) is 0.286. The molecule has 0 aliphatic rings. The lowest BCUT2D eigenvalue weighted by Gasteiger charge is -2.16. The summed E-state index contributed by atoms with van der Waals surface area (Å²) in [4.78, 5) is 0. The van der Waals surface area contributed by atoms with Gasteiger partial charge in [-0.3, -0.25) is 11.3 Å². The van der Waals surface area contributed by atoms with Crippen LogP contribution in [-0.4, -0.2) is 0 Å². The van der Waals surface area contributed by atoms with Gasteiger partial charge in [0.05, 0.1) is 12.3 Å². The second-order valence-corrected chi connectivity index (χ2v) is 4.86. The minimum Gasteiger partial charge on any atom is -0.469 e. The summed E-state index contributed by atoms with van der Waals surface area (Å²) in [5.74, 6) is 6.50. The third kappa shape index (κ3) is 2.75. The van der Waals surface area contributed by atoms with Gasteiger partial charge in [-0.05, 0) is 43.5 Å². The topological polar surface area (TPSA) is 51.2 Å². The number of hydrogen-bond acceptors (Lipinski definition) is 3. The highest BCUT2D eigenvalue weighted by atomic mass is 35.5. The zero-order chi connectivity index (χ0) is 13.1. The van der Waals surface area contributed by atoms with Crippen molar-refractivity contribution in [3.63, 3.8) is 0 Å². The standard InChI is InChI=1S/C14H17ClN2O/c1-9-3-4-11(13(15)7-9)8-14(17-16)12-5-6-18-10(12)2/h3-7,14,17H,8,16H2,1-2H3. The zero-order valence-electron chi connectivity index (χ0n) is 10.5. The van der Waals surface area contributed by atoms with E-state index in [4.69, 9.17) is 21.9 Å². The van der Waals surface area contributed by atoms with Crippen LogP contribution in [0.5, 0.6) is 0 Å². The summed E-state index contributed by atoms with van der Waals surface area (Å²) in [6, 6.07) is 7.99. The van der Waals surface area contributed by atoms with Crippen molar-refractivity contribution in [3.05, 3.63) is 58.0 Å². The van der Waals surface area contributed by atoms with Crippen molar-refractivity contribution in [2.45, 2.75) is 26.3 Å². The van der Waals surface area contributed by atoms with Crippen LogP contribution < -0.4 is 11.3 Å². The minimum atomic E-state index is 0.00366. The summed E-state index contributed by atoms with van der Waals surface area (Å²) >= 11 is 6.24. The van der Waals surface area contributed by atoms with Crippen LogP contribution in [0, 0.1) is 13.8 Å². The highest BCUT2D eigenvalue weighted by molar-refractivity contribution is 6.31. The normalized spacial score (nSPS) is 12.7. The van der Waals surface area contributed by atoms with Crippen molar-refractivity contribution in [3.8, 4) is 0 Å². The van der Waals surface area contributed by atoms with Crippen LogP contribution in [0.2, 0.25) is 5.02 Å². The Bertz CT molecular complexity index is 536. The van der Waals surface area contributed by atoms with Crippen molar-refractivity contribution >= 4 is 11.6 Å². The Morgan fingerprint density at radius 2 is 2.11 bits per heavy atom. The molecule has 2 aromatic rings. The van der Waals surface area contributed by atoms with Crippen LogP contribution in [-0.2, 0) is 6.42 Å². The largest absolute Gasteiger partial charge is 0.469 e. The van der Waals surface area contributed by atoms with Crippen LogP contribution in [0.4, 0.5) is 0 Å². The molecule has 0 amide bonds. The molecule has 1 aromatic heterocycles. The van der Waals surface area contributed by atoms with Crippen LogP contribution in [0.3, 0.4) is 0 Å². The summed E-state index contributed by atoms with van der Waals surface area (Å²) in [7, 11) is 0. The Morgan fingerprint density at radius 1 is 1.33 bits per heavy atom. The highest BCUT2D eigenvalue weighted by Crippen LogP contribution is 2.26. The Kier molecular flexibility index (Phi) is 4.07. The second-order valence-electron chi connectivity index (χ2n) is 4.45. The molecule has 0 fully saturated rings. The van der Waals surface area contributed by atoms with Crippen molar-refractivity contribution < 1.29 is 4.42 Å². The molecular formula is C14H17ClN2O. The summed E-state index contributed by atoms with van der Waals surface area (Å²) in [5.41, 5.74) is 6.11. The highest BCUT2D eigenvalue weighted by Gasteiger charge is 2.16. The molecule has 4 heteroatoms. The molecule has 1 unspecified atom stereocenters. The monoisotopic (exact) mass is 264 g/mol. The molecule has 18 heavy (non-hydrogen) atoms. The summed E-state index contributed by atoms with van der Waals surface area (Å²) in [5, 5.41) is 0.774. The predicted molar refractivity (Wildman–Crippen MR) is 73.4 cm³/mol. The lowest BCUT2D eigenvalue weighted by molar-refractivity contribution is 0.502. The average molecular weight is 265 g/mol. The molecule has 0 aliphatic carbocycles. The number of nitrogens with two attached hydrogens (primary N) is 1. The first-order valence-corrected chi connectivity index (χ1v) is 6.24. The molecule has 0 aliphatic heterocycles. The van der Waals surface area contributed by atoms with Gasteiger partial charge in [-0.2, -0.15) is 0 Å². The van der Waals surface area contributed by atoms with Gasteiger partial charge in [0.15, 0.2) is 0 Å². The molecule has 0 radical (unpaired) electrons. The fourth-order valence-corrected chi connectivity index (χ4v) is 2.37. The molecule has 96 valence electrons. The minimum absolute atomic E-state index is 0.00366. The molecule has 3 nitrogen and oxygen atoms in total. The van der Waals surface area contributed by atoms with Gasteiger partial charge < -0.3 is 4.42 Å². The van der Waals surface area contributed by atoms with E-state index in [0.717, 1.165) is 33.9 Å². The van der Waals surface area contributed by atoms with Crippen LogP contribution >= 0.6 is 11.6 Å². The average Bonchev–Trinajstić information content (AvgIpc) is 2.75. The van der Waals surface area contributed by atoms with Crippen molar-refractivity contribution in [2.24, 2.45) is 5.84 Å². The smallest absolute Gasteiger partial charge is 0.105 e. The van der Waals surface area contributed by atoms with Gasteiger partial charge in [0.2, 0.25) is 0 Å². The number of nitrogens with one attached hydrogen (secondary N) is 1. The van der Waals surface area contributed by atoms with Gasteiger partial charge in [0.1, 0.15) is 5.76 Å². The van der Waals surface area contributed by atoms with E-state index in [1.54, 1.807) is 6.26 Å². The lowest BCUT2D eigenvalue weighted by atomic mass is 9.99. The maximum atomic E-state index is 6.24. The van der Waals surface area contributed by atoms with Crippen molar-refractivity contribution in [1.29, 1.82) is 0 Å². The van der Waals surface area contributed by atoms with Gasteiger partial charge in [0.25, 0.3) is 0 Å². The molecule has 0 bridgehead atoms. The fourth-order valence-electron chi connectivity index (χ4n) is 2.05. The lowest BCUT2D eigenvalue weighted by Crippen LogP contribution is -2.29. The number of rotatable bonds is 4. The zero-order valence-corrected chi connectivity index (χ0v) is 11.3. The maximum Gasteiger partial charge on any atom is 0.105 e. The van der Waals surface area contributed by atoms with E-state index in [1.165, 1.54) is 0 Å². The molecule has 1 heterocycles.